The van der Waals surface area contributed by atoms with E-state index in [9.17, 15) is 4.79 Å². The number of amides is 1. The molecule has 1 N–H and O–H groups in total. The summed E-state index contributed by atoms with van der Waals surface area (Å²) in [4.78, 5) is 16.9. The fraction of sp³-hybridized carbons (Fsp3) is 0.238. The number of halogens is 1. The van der Waals surface area contributed by atoms with Crippen molar-refractivity contribution < 1.29 is 4.79 Å². The maximum atomic E-state index is 12.3. The Morgan fingerprint density at radius 1 is 1.15 bits per heavy atom. The van der Waals surface area contributed by atoms with E-state index >= 15 is 0 Å². The van der Waals surface area contributed by atoms with Gasteiger partial charge in [0.05, 0.1) is 12.1 Å². The summed E-state index contributed by atoms with van der Waals surface area (Å²) in [6.45, 7) is 2.79. The standard InChI is InChI=1S/C21H21ClN2OS/c1-2-15(16-6-4-3-5-7-16)13-23-20(25)12-19-14-26-21(24-19)17-8-10-18(22)11-9-17/h3-11,14-15H,2,12-13H2,1H3,(H,23,25)/t15-/m1/s1. The van der Waals surface area contributed by atoms with Crippen LogP contribution in [-0.2, 0) is 11.2 Å². The second kappa shape index (κ2) is 8.97. The zero-order valence-corrected chi connectivity index (χ0v) is 16.2. The van der Waals surface area contributed by atoms with Crippen LogP contribution in [0.15, 0.2) is 60.0 Å². The average molecular weight is 385 g/mol. The van der Waals surface area contributed by atoms with Crippen LogP contribution in [0.25, 0.3) is 10.6 Å². The SMILES string of the molecule is CC[C@H](CNC(=O)Cc1csc(-c2ccc(Cl)cc2)n1)c1ccccc1. The zero-order valence-electron chi connectivity index (χ0n) is 14.6. The predicted molar refractivity (Wildman–Crippen MR) is 109 cm³/mol. The second-order valence-corrected chi connectivity index (χ2v) is 7.44. The minimum atomic E-state index is 0.00679. The van der Waals surface area contributed by atoms with Crippen molar-refractivity contribution in [2.75, 3.05) is 6.54 Å². The Hall–Kier alpha value is -2.17. The highest BCUT2D eigenvalue weighted by molar-refractivity contribution is 7.13. The van der Waals surface area contributed by atoms with Crippen LogP contribution in [0.2, 0.25) is 5.02 Å². The molecular formula is C21H21ClN2OS. The topological polar surface area (TPSA) is 42.0 Å². The number of aromatic nitrogens is 1. The van der Waals surface area contributed by atoms with Gasteiger partial charge in [-0.15, -0.1) is 11.3 Å². The van der Waals surface area contributed by atoms with Gasteiger partial charge >= 0.3 is 0 Å². The van der Waals surface area contributed by atoms with Gasteiger partial charge in [-0.3, -0.25) is 4.79 Å². The van der Waals surface area contributed by atoms with E-state index in [0.717, 1.165) is 22.7 Å². The Morgan fingerprint density at radius 3 is 2.58 bits per heavy atom. The molecule has 5 heteroatoms. The minimum absolute atomic E-state index is 0.00679. The summed E-state index contributed by atoms with van der Waals surface area (Å²) in [5.41, 5.74) is 3.07. The third-order valence-corrected chi connectivity index (χ3v) is 5.49. The van der Waals surface area contributed by atoms with Crippen molar-refractivity contribution >= 4 is 28.8 Å². The van der Waals surface area contributed by atoms with E-state index < -0.39 is 0 Å². The summed E-state index contributed by atoms with van der Waals surface area (Å²) in [5, 5.41) is 6.59. The lowest BCUT2D eigenvalue weighted by Gasteiger charge is -2.16. The number of carbonyl (C=O) groups is 1. The van der Waals surface area contributed by atoms with Gasteiger partial charge in [0.1, 0.15) is 5.01 Å². The Kier molecular flexibility index (Phi) is 6.42. The molecule has 1 atom stereocenters. The van der Waals surface area contributed by atoms with Gasteiger partial charge in [0.2, 0.25) is 5.91 Å². The number of nitrogens with zero attached hydrogens (tertiary/aromatic N) is 1. The first-order chi connectivity index (χ1) is 12.7. The summed E-state index contributed by atoms with van der Waals surface area (Å²) in [5.74, 6) is 0.340. The molecule has 134 valence electrons. The highest BCUT2D eigenvalue weighted by Gasteiger charge is 2.13. The third-order valence-electron chi connectivity index (χ3n) is 4.29. The molecular weight excluding hydrogens is 364 g/mol. The molecule has 3 aromatic rings. The van der Waals surface area contributed by atoms with E-state index in [0.29, 0.717) is 23.9 Å². The number of nitrogens with one attached hydrogen (secondary N) is 1. The molecule has 0 saturated carbocycles. The highest BCUT2D eigenvalue weighted by atomic mass is 35.5. The van der Waals surface area contributed by atoms with E-state index in [1.165, 1.54) is 5.56 Å². The van der Waals surface area contributed by atoms with Crippen LogP contribution in [0.1, 0.15) is 30.5 Å². The molecule has 0 bridgehead atoms. The molecule has 0 spiro atoms. The quantitative estimate of drug-likeness (QED) is 0.599. The summed E-state index contributed by atoms with van der Waals surface area (Å²) in [6, 6.07) is 17.9. The largest absolute Gasteiger partial charge is 0.355 e. The van der Waals surface area contributed by atoms with Gasteiger partial charge in [-0.1, -0.05) is 61.0 Å². The van der Waals surface area contributed by atoms with Gasteiger partial charge in [0.25, 0.3) is 0 Å². The monoisotopic (exact) mass is 384 g/mol. The number of hydrogen-bond acceptors (Lipinski definition) is 3. The first kappa shape index (κ1) is 18.6. The molecule has 0 aliphatic heterocycles. The van der Waals surface area contributed by atoms with Crippen molar-refractivity contribution in [3.63, 3.8) is 0 Å². The minimum Gasteiger partial charge on any atom is -0.355 e. The average Bonchev–Trinajstić information content (AvgIpc) is 3.12. The lowest BCUT2D eigenvalue weighted by molar-refractivity contribution is -0.120. The maximum Gasteiger partial charge on any atom is 0.226 e. The molecule has 1 heterocycles. The molecule has 1 aromatic heterocycles. The number of carbonyl (C=O) groups excluding carboxylic acids is 1. The van der Waals surface area contributed by atoms with Crippen LogP contribution in [0.5, 0.6) is 0 Å². The first-order valence-corrected chi connectivity index (χ1v) is 9.93. The number of hydrogen-bond donors (Lipinski definition) is 1. The molecule has 0 aliphatic rings. The van der Waals surface area contributed by atoms with Crippen LogP contribution in [-0.4, -0.2) is 17.4 Å². The fourth-order valence-electron chi connectivity index (χ4n) is 2.80. The molecule has 0 fully saturated rings. The van der Waals surface area contributed by atoms with Crippen molar-refractivity contribution in [2.45, 2.75) is 25.7 Å². The van der Waals surface area contributed by atoms with Crippen LogP contribution >= 0.6 is 22.9 Å². The van der Waals surface area contributed by atoms with Gasteiger partial charge in [-0.05, 0) is 24.1 Å². The molecule has 3 rings (SSSR count). The maximum absolute atomic E-state index is 12.3. The van der Waals surface area contributed by atoms with Crippen molar-refractivity contribution in [2.24, 2.45) is 0 Å². The van der Waals surface area contributed by atoms with E-state index in [-0.39, 0.29) is 5.91 Å². The summed E-state index contributed by atoms with van der Waals surface area (Å²) in [6.07, 6.45) is 1.29. The van der Waals surface area contributed by atoms with Gasteiger partial charge in [-0.2, -0.15) is 0 Å². The molecule has 26 heavy (non-hydrogen) atoms. The first-order valence-electron chi connectivity index (χ1n) is 8.67. The van der Waals surface area contributed by atoms with Gasteiger partial charge in [-0.25, -0.2) is 4.98 Å². The fourth-order valence-corrected chi connectivity index (χ4v) is 3.75. The van der Waals surface area contributed by atoms with Gasteiger partial charge in [0.15, 0.2) is 0 Å². The van der Waals surface area contributed by atoms with Crippen molar-refractivity contribution in [3.8, 4) is 10.6 Å². The molecule has 0 radical (unpaired) electrons. The van der Waals surface area contributed by atoms with Crippen molar-refractivity contribution in [3.05, 3.63) is 76.3 Å². The van der Waals surface area contributed by atoms with Crippen LogP contribution < -0.4 is 5.32 Å². The lowest BCUT2D eigenvalue weighted by Crippen LogP contribution is -2.29. The number of rotatable bonds is 7. The molecule has 0 unspecified atom stereocenters. The molecule has 3 nitrogen and oxygen atoms in total. The Morgan fingerprint density at radius 2 is 1.88 bits per heavy atom. The number of thiazole rings is 1. The molecule has 0 aliphatic carbocycles. The molecule has 2 aromatic carbocycles. The zero-order chi connectivity index (χ0) is 18.4. The van der Waals surface area contributed by atoms with E-state index in [1.54, 1.807) is 11.3 Å². The van der Waals surface area contributed by atoms with Crippen LogP contribution in [0, 0.1) is 0 Å². The molecule has 0 saturated heterocycles. The van der Waals surface area contributed by atoms with Crippen LogP contribution in [0.4, 0.5) is 0 Å². The highest BCUT2D eigenvalue weighted by Crippen LogP contribution is 2.25. The number of benzene rings is 2. The summed E-state index contributed by atoms with van der Waals surface area (Å²) < 4.78 is 0. The smallest absolute Gasteiger partial charge is 0.226 e. The second-order valence-electron chi connectivity index (χ2n) is 6.15. The van der Waals surface area contributed by atoms with Crippen molar-refractivity contribution in [1.29, 1.82) is 0 Å². The van der Waals surface area contributed by atoms with E-state index in [4.69, 9.17) is 11.6 Å². The Bertz CT molecular complexity index is 846. The summed E-state index contributed by atoms with van der Waals surface area (Å²) in [7, 11) is 0. The third kappa shape index (κ3) is 4.93. The van der Waals surface area contributed by atoms with Gasteiger partial charge in [0, 0.05) is 28.4 Å². The normalized spacial score (nSPS) is 11.9. The molecule has 1 amide bonds. The van der Waals surface area contributed by atoms with Gasteiger partial charge < -0.3 is 5.32 Å². The predicted octanol–water partition coefficient (Wildman–Crippen LogP) is 5.32. The Labute approximate surface area is 163 Å². The van der Waals surface area contributed by atoms with E-state index in [2.05, 4.69) is 29.4 Å². The summed E-state index contributed by atoms with van der Waals surface area (Å²) >= 11 is 7.46. The van der Waals surface area contributed by atoms with Crippen LogP contribution in [0.3, 0.4) is 0 Å². The van der Waals surface area contributed by atoms with E-state index in [1.807, 2.05) is 47.8 Å². The Balaban J connectivity index is 1.56. The lowest BCUT2D eigenvalue weighted by atomic mass is 9.96. The van der Waals surface area contributed by atoms with Crippen molar-refractivity contribution in [1.82, 2.24) is 10.3 Å².